The second-order valence-corrected chi connectivity index (χ2v) is 6.60. The lowest BCUT2D eigenvalue weighted by Crippen LogP contribution is -2.10. The van der Waals surface area contributed by atoms with Gasteiger partial charge < -0.3 is 5.73 Å². The van der Waals surface area contributed by atoms with Crippen molar-refractivity contribution in [2.75, 3.05) is 12.3 Å². The zero-order valence-electron chi connectivity index (χ0n) is 11.3. The zero-order valence-corrected chi connectivity index (χ0v) is 12.1. The molecule has 17 heavy (non-hydrogen) atoms. The van der Waals surface area contributed by atoms with Gasteiger partial charge in [-0.25, -0.2) is 0 Å². The molecule has 0 radical (unpaired) electrons. The van der Waals surface area contributed by atoms with Crippen molar-refractivity contribution in [3.63, 3.8) is 0 Å². The van der Waals surface area contributed by atoms with E-state index in [0.717, 1.165) is 18.7 Å². The van der Waals surface area contributed by atoms with Crippen molar-refractivity contribution < 1.29 is 0 Å². The monoisotopic (exact) mass is 251 g/mol. The van der Waals surface area contributed by atoms with Gasteiger partial charge in [-0.1, -0.05) is 45.0 Å². The van der Waals surface area contributed by atoms with Gasteiger partial charge in [0.25, 0.3) is 0 Å². The van der Waals surface area contributed by atoms with Gasteiger partial charge in [-0.3, -0.25) is 0 Å². The summed E-state index contributed by atoms with van der Waals surface area (Å²) in [4.78, 5) is 0. The summed E-state index contributed by atoms with van der Waals surface area (Å²) in [5.41, 5.74) is 8.56. The fraction of sp³-hybridized carbons (Fsp3) is 0.600. The van der Waals surface area contributed by atoms with Crippen LogP contribution in [0.25, 0.3) is 0 Å². The average molecular weight is 251 g/mol. The van der Waals surface area contributed by atoms with Crippen molar-refractivity contribution in [2.45, 2.75) is 44.8 Å². The second kappa shape index (κ2) is 7.07. The van der Waals surface area contributed by atoms with Crippen LogP contribution in [-0.4, -0.2) is 12.3 Å². The third kappa shape index (κ3) is 5.60. The second-order valence-electron chi connectivity index (χ2n) is 5.50. The van der Waals surface area contributed by atoms with Gasteiger partial charge in [-0.2, -0.15) is 11.8 Å². The van der Waals surface area contributed by atoms with Gasteiger partial charge in [-0.15, -0.1) is 0 Å². The first-order valence-corrected chi connectivity index (χ1v) is 7.57. The minimum Gasteiger partial charge on any atom is -0.330 e. The minimum atomic E-state index is 0.257. The van der Waals surface area contributed by atoms with Crippen LogP contribution in [0.4, 0.5) is 0 Å². The molecule has 0 atom stereocenters. The maximum absolute atomic E-state index is 5.47. The van der Waals surface area contributed by atoms with Gasteiger partial charge in [0.15, 0.2) is 0 Å². The molecule has 1 aromatic rings. The maximum Gasteiger partial charge on any atom is 0.0184 e. The molecule has 0 fully saturated rings. The number of thioether (sulfide) groups is 1. The Morgan fingerprint density at radius 1 is 1.06 bits per heavy atom. The molecule has 1 rings (SSSR count). The molecule has 0 spiro atoms. The van der Waals surface area contributed by atoms with Crippen LogP contribution in [0.1, 0.15) is 44.7 Å². The Balaban J connectivity index is 2.36. The van der Waals surface area contributed by atoms with Gasteiger partial charge in [0.05, 0.1) is 0 Å². The highest BCUT2D eigenvalue weighted by atomic mass is 32.2. The molecule has 0 bridgehead atoms. The topological polar surface area (TPSA) is 26.0 Å². The normalized spacial score (nSPS) is 11.8. The van der Waals surface area contributed by atoms with E-state index in [2.05, 4.69) is 45.0 Å². The van der Waals surface area contributed by atoms with E-state index in [4.69, 9.17) is 5.73 Å². The first kappa shape index (κ1) is 14.6. The van der Waals surface area contributed by atoms with Crippen molar-refractivity contribution in [1.29, 1.82) is 0 Å². The van der Waals surface area contributed by atoms with E-state index in [0.29, 0.717) is 0 Å². The Hall–Kier alpha value is -0.470. The molecule has 0 saturated carbocycles. The number of unbranched alkanes of at least 4 members (excludes halogenated alkanes) is 1. The molecule has 0 aliphatic rings. The van der Waals surface area contributed by atoms with E-state index in [1.165, 1.54) is 23.3 Å². The smallest absolute Gasteiger partial charge is 0.0184 e. The van der Waals surface area contributed by atoms with Gasteiger partial charge >= 0.3 is 0 Å². The predicted molar refractivity (Wildman–Crippen MR) is 79.6 cm³/mol. The van der Waals surface area contributed by atoms with Crippen molar-refractivity contribution in [3.8, 4) is 0 Å². The minimum absolute atomic E-state index is 0.257. The standard InChI is InChI=1S/C15H25NS/c1-15(2,3)14-8-6-13(7-9-14)12-17-11-5-4-10-16/h6-9H,4-5,10-12,16H2,1-3H3. The van der Waals surface area contributed by atoms with Crippen LogP contribution >= 0.6 is 11.8 Å². The number of rotatable bonds is 6. The Labute approximate surface area is 110 Å². The SMILES string of the molecule is CC(C)(C)c1ccc(CSCCCCN)cc1. The highest BCUT2D eigenvalue weighted by Crippen LogP contribution is 2.23. The number of benzene rings is 1. The lowest BCUT2D eigenvalue weighted by molar-refractivity contribution is 0.590. The van der Waals surface area contributed by atoms with E-state index in [9.17, 15) is 0 Å². The van der Waals surface area contributed by atoms with E-state index >= 15 is 0 Å². The van der Waals surface area contributed by atoms with Crippen LogP contribution in [-0.2, 0) is 11.2 Å². The van der Waals surface area contributed by atoms with Crippen LogP contribution in [0.5, 0.6) is 0 Å². The average Bonchev–Trinajstić information content (AvgIpc) is 2.28. The largest absolute Gasteiger partial charge is 0.330 e. The summed E-state index contributed by atoms with van der Waals surface area (Å²) in [5.74, 6) is 2.34. The molecule has 0 amide bonds. The summed E-state index contributed by atoms with van der Waals surface area (Å²) < 4.78 is 0. The molecular formula is C15H25NS. The van der Waals surface area contributed by atoms with Crippen LogP contribution in [0.2, 0.25) is 0 Å². The van der Waals surface area contributed by atoms with Gasteiger partial charge in [0.2, 0.25) is 0 Å². The van der Waals surface area contributed by atoms with E-state index < -0.39 is 0 Å². The van der Waals surface area contributed by atoms with Gasteiger partial charge in [-0.05, 0) is 41.7 Å². The molecule has 0 aliphatic heterocycles. The molecule has 0 saturated heterocycles. The van der Waals surface area contributed by atoms with Gasteiger partial charge in [0.1, 0.15) is 0 Å². The highest BCUT2D eigenvalue weighted by Gasteiger charge is 2.12. The quantitative estimate of drug-likeness (QED) is 0.775. The fourth-order valence-corrected chi connectivity index (χ4v) is 2.62. The zero-order chi connectivity index (χ0) is 12.7. The number of hydrogen-bond acceptors (Lipinski definition) is 2. The number of hydrogen-bond donors (Lipinski definition) is 1. The lowest BCUT2D eigenvalue weighted by atomic mass is 9.87. The third-order valence-electron chi connectivity index (χ3n) is 2.83. The summed E-state index contributed by atoms with van der Waals surface area (Å²) in [6, 6.07) is 9.04. The molecule has 0 heterocycles. The first-order valence-electron chi connectivity index (χ1n) is 6.41. The van der Waals surface area contributed by atoms with Crippen LogP contribution in [0.15, 0.2) is 24.3 Å². The maximum atomic E-state index is 5.47. The predicted octanol–water partition coefficient (Wildman–Crippen LogP) is 3.96. The fourth-order valence-electron chi connectivity index (χ4n) is 1.64. The Kier molecular flexibility index (Phi) is 6.07. The molecule has 1 aromatic carbocycles. The van der Waals surface area contributed by atoms with Crippen LogP contribution in [0.3, 0.4) is 0 Å². The summed E-state index contributed by atoms with van der Waals surface area (Å²) in [5, 5.41) is 0. The summed E-state index contributed by atoms with van der Waals surface area (Å²) in [7, 11) is 0. The van der Waals surface area contributed by atoms with Crippen LogP contribution in [0, 0.1) is 0 Å². The molecule has 96 valence electrons. The number of nitrogens with two attached hydrogens (primary N) is 1. The van der Waals surface area contributed by atoms with E-state index in [-0.39, 0.29) is 5.41 Å². The first-order chi connectivity index (χ1) is 8.04. The molecule has 0 aliphatic carbocycles. The van der Waals surface area contributed by atoms with Crippen LogP contribution < -0.4 is 5.73 Å². The highest BCUT2D eigenvalue weighted by molar-refractivity contribution is 7.98. The molecule has 0 unspecified atom stereocenters. The van der Waals surface area contributed by atoms with E-state index in [1.807, 2.05) is 11.8 Å². The molecule has 1 nitrogen and oxygen atoms in total. The Morgan fingerprint density at radius 3 is 2.24 bits per heavy atom. The molecule has 2 N–H and O–H groups in total. The summed E-state index contributed by atoms with van der Waals surface area (Å²) in [6.45, 7) is 7.58. The Morgan fingerprint density at radius 2 is 1.71 bits per heavy atom. The van der Waals surface area contributed by atoms with Crippen molar-refractivity contribution in [1.82, 2.24) is 0 Å². The summed E-state index contributed by atoms with van der Waals surface area (Å²) >= 11 is 2.00. The van der Waals surface area contributed by atoms with Crippen molar-refractivity contribution in [3.05, 3.63) is 35.4 Å². The lowest BCUT2D eigenvalue weighted by Gasteiger charge is -2.19. The third-order valence-corrected chi connectivity index (χ3v) is 3.95. The molecule has 0 aromatic heterocycles. The summed E-state index contributed by atoms with van der Waals surface area (Å²) in [6.07, 6.45) is 2.39. The van der Waals surface area contributed by atoms with Crippen molar-refractivity contribution >= 4 is 11.8 Å². The molecular weight excluding hydrogens is 226 g/mol. The molecule has 2 heteroatoms. The van der Waals surface area contributed by atoms with Gasteiger partial charge in [0, 0.05) is 5.75 Å². The Bertz CT molecular complexity index is 311. The van der Waals surface area contributed by atoms with Crippen molar-refractivity contribution in [2.24, 2.45) is 5.73 Å². The van der Waals surface area contributed by atoms with E-state index in [1.54, 1.807) is 0 Å².